The van der Waals surface area contributed by atoms with Gasteiger partial charge in [-0.3, -0.25) is 0 Å². The number of unbranched alkanes of at least 4 members (excludes halogenated alkanes) is 1. The number of anilines is 1. The van der Waals surface area contributed by atoms with Gasteiger partial charge in [0, 0.05) is 5.56 Å². The molecule has 0 aliphatic heterocycles. The quantitative estimate of drug-likeness (QED) is 0.827. The monoisotopic (exact) mass is 249 g/mol. The van der Waals surface area contributed by atoms with Gasteiger partial charge >= 0.3 is 0 Å². The third-order valence-electron chi connectivity index (χ3n) is 2.31. The number of ether oxygens (including phenoxy) is 1. The van der Waals surface area contributed by atoms with E-state index in [9.17, 15) is 0 Å². The number of rotatable bonds is 5. The second kappa shape index (κ2) is 5.63. The van der Waals surface area contributed by atoms with Crippen molar-refractivity contribution < 1.29 is 4.74 Å². The van der Waals surface area contributed by atoms with Crippen LogP contribution in [0.2, 0.25) is 0 Å². The third-order valence-corrected chi connectivity index (χ3v) is 3.09. The molecule has 1 heterocycles. The van der Waals surface area contributed by atoms with Crippen molar-refractivity contribution in [3.05, 3.63) is 24.3 Å². The van der Waals surface area contributed by atoms with Crippen molar-refractivity contribution in [1.29, 1.82) is 0 Å². The Balaban J connectivity index is 2.02. The molecular formula is C12H15N3OS. The topological polar surface area (TPSA) is 61.0 Å². The number of hydrogen-bond donors (Lipinski definition) is 1. The fourth-order valence-corrected chi connectivity index (χ4v) is 1.98. The van der Waals surface area contributed by atoms with Crippen LogP contribution in [0.4, 0.5) is 5.95 Å². The summed E-state index contributed by atoms with van der Waals surface area (Å²) >= 11 is 1.30. The van der Waals surface area contributed by atoms with Crippen molar-refractivity contribution in [1.82, 2.24) is 9.36 Å². The molecule has 0 aliphatic rings. The summed E-state index contributed by atoms with van der Waals surface area (Å²) in [4.78, 5) is 4.13. The van der Waals surface area contributed by atoms with Crippen LogP contribution in [0.3, 0.4) is 0 Å². The highest BCUT2D eigenvalue weighted by atomic mass is 32.1. The summed E-state index contributed by atoms with van der Waals surface area (Å²) in [5.41, 5.74) is 6.51. The van der Waals surface area contributed by atoms with E-state index in [2.05, 4.69) is 16.3 Å². The maximum atomic E-state index is 5.59. The predicted molar refractivity (Wildman–Crippen MR) is 70.2 cm³/mol. The van der Waals surface area contributed by atoms with Gasteiger partial charge in [0.15, 0.2) is 0 Å². The lowest BCUT2D eigenvalue weighted by molar-refractivity contribution is 0.309. The van der Waals surface area contributed by atoms with Crippen LogP contribution in [0.1, 0.15) is 19.8 Å². The van der Waals surface area contributed by atoms with Crippen molar-refractivity contribution in [3.8, 4) is 16.3 Å². The van der Waals surface area contributed by atoms with E-state index in [0.717, 1.165) is 35.8 Å². The number of hydrogen-bond acceptors (Lipinski definition) is 5. The van der Waals surface area contributed by atoms with Crippen LogP contribution in [0.25, 0.3) is 10.6 Å². The molecule has 0 aliphatic carbocycles. The molecule has 1 aromatic heterocycles. The van der Waals surface area contributed by atoms with E-state index in [1.807, 2.05) is 24.3 Å². The zero-order valence-corrected chi connectivity index (χ0v) is 10.5. The molecule has 0 fully saturated rings. The minimum atomic E-state index is 0.327. The van der Waals surface area contributed by atoms with E-state index in [1.165, 1.54) is 11.5 Å². The highest BCUT2D eigenvalue weighted by Gasteiger charge is 2.04. The fourth-order valence-electron chi connectivity index (χ4n) is 1.38. The first-order chi connectivity index (χ1) is 8.29. The number of benzene rings is 1. The van der Waals surface area contributed by atoms with E-state index < -0.39 is 0 Å². The summed E-state index contributed by atoms with van der Waals surface area (Å²) < 4.78 is 9.54. The first kappa shape index (κ1) is 11.9. The van der Waals surface area contributed by atoms with Crippen molar-refractivity contribution in [2.24, 2.45) is 0 Å². The Morgan fingerprint density at radius 1 is 1.29 bits per heavy atom. The molecule has 2 aromatic rings. The standard InChI is InChI=1S/C12H15N3OS/c1-2-3-8-16-10-6-4-9(5-7-10)11-14-12(13)15-17-11/h4-7H,2-3,8H2,1H3,(H2,13,15). The fraction of sp³-hybridized carbons (Fsp3) is 0.333. The molecule has 2 rings (SSSR count). The van der Waals surface area contributed by atoms with Crippen molar-refractivity contribution in [2.75, 3.05) is 12.3 Å². The van der Waals surface area contributed by atoms with Crippen LogP contribution in [0.15, 0.2) is 24.3 Å². The van der Waals surface area contributed by atoms with Gasteiger partial charge in [-0.15, -0.1) is 0 Å². The summed E-state index contributed by atoms with van der Waals surface area (Å²) in [6, 6.07) is 7.84. The second-order valence-electron chi connectivity index (χ2n) is 3.68. The van der Waals surface area contributed by atoms with Crippen LogP contribution < -0.4 is 10.5 Å². The molecule has 0 atom stereocenters. The predicted octanol–water partition coefficient (Wildman–Crippen LogP) is 2.97. The molecule has 0 bridgehead atoms. The molecule has 0 radical (unpaired) electrons. The molecular weight excluding hydrogens is 234 g/mol. The lowest BCUT2D eigenvalue weighted by Crippen LogP contribution is -1.95. The van der Waals surface area contributed by atoms with Crippen LogP contribution in [-0.4, -0.2) is 16.0 Å². The molecule has 0 saturated heterocycles. The Labute approximate surface area is 105 Å². The number of nitrogens with zero attached hydrogens (tertiary/aromatic N) is 2. The molecule has 5 heteroatoms. The Hall–Kier alpha value is -1.62. The lowest BCUT2D eigenvalue weighted by atomic mass is 10.2. The van der Waals surface area contributed by atoms with Gasteiger partial charge in [0.1, 0.15) is 10.8 Å². The van der Waals surface area contributed by atoms with E-state index in [-0.39, 0.29) is 0 Å². The summed E-state index contributed by atoms with van der Waals surface area (Å²) in [5.74, 6) is 1.22. The molecule has 2 N–H and O–H groups in total. The van der Waals surface area contributed by atoms with E-state index in [1.54, 1.807) is 0 Å². The molecule has 0 spiro atoms. The summed E-state index contributed by atoms with van der Waals surface area (Å²) in [6.45, 7) is 2.91. The zero-order chi connectivity index (χ0) is 12.1. The van der Waals surface area contributed by atoms with Gasteiger partial charge in [0.25, 0.3) is 0 Å². The van der Waals surface area contributed by atoms with Gasteiger partial charge in [-0.2, -0.15) is 9.36 Å². The maximum absolute atomic E-state index is 5.59. The van der Waals surface area contributed by atoms with Gasteiger partial charge in [0.2, 0.25) is 5.95 Å². The highest BCUT2D eigenvalue weighted by molar-refractivity contribution is 7.09. The largest absolute Gasteiger partial charge is 0.494 e. The Morgan fingerprint density at radius 3 is 2.65 bits per heavy atom. The molecule has 0 amide bonds. The van der Waals surface area contributed by atoms with Crippen molar-refractivity contribution in [3.63, 3.8) is 0 Å². The van der Waals surface area contributed by atoms with Crippen LogP contribution in [0, 0.1) is 0 Å². The summed E-state index contributed by atoms with van der Waals surface area (Å²) in [5, 5.41) is 0.836. The minimum Gasteiger partial charge on any atom is -0.494 e. The normalized spacial score (nSPS) is 10.4. The first-order valence-corrected chi connectivity index (χ1v) is 6.39. The van der Waals surface area contributed by atoms with Gasteiger partial charge in [-0.1, -0.05) is 13.3 Å². The first-order valence-electron chi connectivity index (χ1n) is 5.62. The van der Waals surface area contributed by atoms with Crippen molar-refractivity contribution >= 4 is 17.5 Å². The van der Waals surface area contributed by atoms with Crippen LogP contribution >= 0.6 is 11.5 Å². The Bertz CT molecular complexity index is 467. The maximum Gasteiger partial charge on any atom is 0.232 e. The highest BCUT2D eigenvalue weighted by Crippen LogP contribution is 2.24. The van der Waals surface area contributed by atoms with E-state index in [4.69, 9.17) is 10.5 Å². The minimum absolute atomic E-state index is 0.327. The van der Waals surface area contributed by atoms with Crippen LogP contribution in [-0.2, 0) is 0 Å². The number of nitrogen functional groups attached to an aromatic ring is 1. The van der Waals surface area contributed by atoms with E-state index >= 15 is 0 Å². The van der Waals surface area contributed by atoms with Gasteiger partial charge in [-0.25, -0.2) is 0 Å². The molecule has 90 valence electrons. The number of aromatic nitrogens is 2. The molecule has 0 saturated carbocycles. The van der Waals surface area contributed by atoms with Crippen LogP contribution in [0.5, 0.6) is 5.75 Å². The molecule has 0 unspecified atom stereocenters. The Morgan fingerprint density at radius 2 is 2.06 bits per heavy atom. The molecule has 4 nitrogen and oxygen atoms in total. The molecule has 17 heavy (non-hydrogen) atoms. The molecule has 1 aromatic carbocycles. The van der Waals surface area contributed by atoms with Crippen molar-refractivity contribution in [2.45, 2.75) is 19.8 Å². The summed E-state index contributed by atoms with van der Waals surface area (Å²) in [6.07, 6.45) is 2.22. The SMILES string of the molecule is CCCCOc1ccc(-c2nc(N)ns2)cc1. The second-order valence-corrected chi connectivity index (χ2v) is 4.44. The van der Waals surface area contributed by atoms with Gasteiger partial charge in [0.05, 0.1) is 6.61 Å². The van der Waals surface area contributed by atoms with Gasteiger partial charge < -0.3 is 10.5 Å². The average molecular weight is 249 g/mol. The third kappa shape index (κ3) is 3.17. The lowest BCUT2D eigenvalue weighted by Gasteiger charge is -2.05. The number of nitrogens with two attached hydrogens (primary N) is 1. The summed E-state index contributed by atoms with van der Waals surface area (Å²) in [7, 11) is 0. The van der Waals surface area contributed by atoms with E-state index in [0.29, 0.717) is 5.95 Å². The smallest absolute Gasteiger partial charge is 0.232 e. The van der Waals surface area contributed by atoms with Gasteiger partial charge in [-0.05, 0) is 42.2 Å². The zero-order valence-electron chi connectivity index (χ0n) is 9.72. The average Bonchev–Trinajstić information content (AvgIpc) is 2.77. The Kier molecular flexibility index (Phi) is 3.93.